The van der Waals surface area contributed by atoms with Gasteiger partial charge in [-0.2, -0.15) is 0 Å². The van der Waals surface area contributed by atoms with E-state index >= 15 is 0 Å². The van der Waals surface area contributed by atoms with Gasteiger partial charge in [-0.25, -0.2) is 0 Å². The number of hydrogen-bond acceptors (Lipinski definition) is 3. The summed E-state index contributed by atoms with van der Waals surface area (Å²) in [5.41, 5.74) is 1.19. The summed E-state index contributed by atoms with van der Waals surface area (Å²) in [5, 5.41) is 0.201. The molecule has 1 fully saturated rings. The average molecular weight is 363 g/mol. The van der Waals surface area contributed by atoms with Gasteiger partial charge >= 0.3 is 0 Å². The molecular formula is C21H34O3Si. The summed E-state index contributed by atoms with van der Waals surface area (Å²) in [6, 6.07) is 10.3. The quantitative estimate of drug-likeness (QED) is 0.462. The fourth-order valence-electron chi connectivity index (χ4n) is 2.75. The second-order valence-corrected chi connectivity index (χ2v) is 13.3. The molecule has 0 aliphatic carbocycles. The summed E-state index contributed by atoms with van der Waals surface area (Å²) in [6.07, 6.45) is 3.96. The lowest BCUT2D eigenvalue weighted by molar-refractivity contribution is -0.0489. The zero-order valence-corrected chi connectivity index (χ0v) is 17.5. The highest BCUT2D eigenvalue weighted by atomic mass is 28.4. The van der Waals surface area contributed by atoms with E-state index in [9.17, 15) is 0 Å². The molecule has 1 aromatic rings. The van der Waals surface area contributed by atoms with Gasteiger partial charge in [0, 0.05) is 6.42 Å². The van der Waals surface area contributed by atoms with Crippen molar-refractivity contribution >= 4 is 8.32 Å². The first-order chi connectivity index (χ1) is 11.7. The number of rotatable bonds is 8. The van der Waals surface area contributed by atoms with Crippen LogP contribution < -0.4 is 0 Å². The van der Waals surface area contributed by atoms with Crippen molar-refractivity contribution in [2.45, 2.75) is 76.7 Å². The molecule has 1 aliphatic rings. The first kappa shape index (κ1) is 20.4. The summed E-state index contributed by atoms with van der Waals surface area (Å²) in [4.78, 5) is 0. The monoisotopic (exact) mass is 362 g/mol. The lowest BCUT2D eigenvalue weighted by atomic mass is 10.1. The third-order valence-corrected chi connectivity index (χ3v) is 9.93. The second kappa shape index (κ2) is 8.63. The van der Waals surface area contributed by atoms with Gasteiger partial charge in [-0.15, -0.1) is 6.58 Å². The topological polar surface area (TPSA) is 27.7 Å². The van der Waals surface area contributed by atoms with E-state index in [2.05, 4.69) is 52.6 Å². The number of ether oxygens (including phenoxy) is 2. The molecule has 0 saturated carbocycles. The van der Waals surface area contributed by atoms with E-state index in [-0.39, 0.29) is 23.4 Å². The molecule has 0 amide bonds. The first-order valence-corrected chi connectivity index (χ1v) is 12.2. The molecule has 1 aromatic carbocycles. The van der Waals surface area contributed by atoms with Crippen LogP contribution in [-0.2, 0) is 20.5 Å². The van der Waals surface area contributed by atoms with E-state index in [0.29, 0.717) is 13.2 Å². The Morgan fingerprint density at radius 2 is 1.92 bits per heavy atom. The molecule has 3 atom stereocenters. The molecule has 0 radical (unpaired) electrons. The fourth-order valence-corrected chi connectivity index (χ4v) is 3.76. The molecule has 4 heteroatoms. The van der Waals surface area contributed by atoms with Crippen LogP contribution in [0.3, 0.4) is 0 Å². The third-order valence-electron chi connectivity index (χ3n) is 5.43. The highest BCUT2D eigenvalue weighted by Crippen LogP contribution is 2.37. The molecule has 1 saturated heterocycles. The van der Waals surface area contributed by atoms with Crippen LogP contribution in [-0.4, -0.2) is 33.2 Å². The SMILES string of the molecule is C=CC[C@@H]1C[C@H](OCc2ccccc2)[C@@H](CO[Si](C)(C)C(C)(C)C)O1. The fraction of sp³-hybridized carbons (Fsp3) is 0.619. The van der Waals surface area contributed by atoms with Gasteiger partial charge in [0.2, 0.25) is 0 Å². The average Bonchev–Trinajstić information content (AvgIpc) is 2.93. The Balaban J connectivity index is 1.96. The van der Waals surface area contributed by atoms with Crippen molar-refractivity contribution < 1.29 is 13.9 Å². The van der Waals surface area contributed by atoms with Gasteiger partial charge in [-0.05, 0) is 30.1 Å². The molecule has 2 rings (SSSR count). The molecule has 0 spiro atoms. The van der Waals surface area contributed by atoms with Gasteiger partial charge < -0.3 is 13.9 Å². The van der Waals surface area contributed by atoms with Crippen molar-refractivity contribution in [1.82, 2.24) is 0 Å². The van der Waals surface area contributed by atoms with E-state index in [1.165, 1.54) is 5.56 Å². The predicted molar refractivity (Wildman–Crippen MR) is 106 cm³/mol. The summed E-state index contributed by atoms with van der Waals surface area (Å²) < 4.78 is 18.8. The smallest absolute Gasteiger partial charge is 0.192 e. The van der Waals surface area contributed by atoms with Gasteiger partial charge in [0.05, 0.1) is 25.4 Å². The van der Waals surface area contributed by atoms with Crippen LogP contribution >= 0.6 is 0 Å². The van der Waals surface area contributed by atoms with E-state index in [1.807, 2.05) is 24.3 Å². The zero-order chi connectivity index (χ0) is 18.5. The molecule has 140 valence electrons. The van der Waals surface area contributed by atoms with E-state index in [4.69, 9.17) is 13.9 Å². The maximum atomic E-state index is 6.39. The third kappa shape index (κ3) is 5.78. The Morgan fingerprint density at radius 1 is 1.24 bits per heavy atom. The summed E-state index contributed by atoms with van der Waals surface area (Å²) in [5.74, 6) is 0. The standard InChI is InChI=1S/C21H34O3Si/c1-7-11-18-14-19(22-15-17-12-9-8-10-13-17)20(24-18)16-23-25(5,6)21(2,3)4/h7-10,12-13,18-20H,1,11,14-16H2,2-6H3/t18-,19+,20-/m1/s1. The van der Waals surface area contributed by atoms with Crippen molar-refractivity contribution in [1.29, 1.82) is 0 Å². The van der Waals surface area contributed by atoms with Gasteiger partial charge in [-0.3, -0.25) is 0 Å². The number of hydrogen-bond donors (Lipinski definition) is 0. The largest absolute Gasteiger partial charge is 0.414 e. The minimum atomic E-state index is -1.79. The lowest BCUT2D eigenvalue weighted by Crippen LogP contribution is -2.44. The second-order valence-electron chi connectivity index (χ2n) is 8.46. The van der Waals surface area contributed by atoms with Crippen LogP contribution in [0.4, 0.5) is 0 Å². The molecule has 25 heavy (non-hydrogen) atoms. The van der Waals surface area contributed by atoms with Crippen molar-refractivity contribution in [3.63, 3.8) is 0 Å². The molecule has 0 unspecified atom stereocenters. The van der Waals surface area contributed by atoms with Crippen molar-refractivity contribution in [3.05, 3.63) is 48.6 Å². The van der Waals surface area contributed by atoms with Gasteiger partial charge in [-0.1, -0.05) is 57.2 Å². The van der Waals surface area contributed by atoms with Gasteiger partial charge in [0.15, 0.2) is 8.32 Å². The summed E-state index contributed by atoms with van der Waals surface area (Å²) >= 11 is 0. The summed E-state index contributed by atoms with van der Waals surface area (Å²) in [7, 11) is -1.79. The highest BCUT2D eigenvalue weighted by Gasteiger charge is 2.41. The Morgan fingerprint density at radius 3 is 2.52 bits per heavy atom. The first-order valence-electron chi connectivity index (χ1n) is 9.29. The maximum Gasteiger partial charge on any atom is 0.192 e. The van der Waals surface area contributed by atoms with E-state index in [0.717, 1.165) is 12.8 Å². The number of benzene rings is 1. The van der Waals surface area contributed by atoms with Crippen molar-refractivity contribution in [2.24, 2.45) is 0 Å². The van der Waals surface area contributed by atoms with E-state index < -0.39 is 8.32 Å². The molecule has 0 aromatic heterocycles. The lowest BCUT2D eigenvalue weighted by Gasteiger charge is -2.37. The van der Waals surface area contributed by atoms with Gasteiger partial charge in [0.1, 0.15) is 6.10 Å². The van der Waals surface area contributed by atoms with Crippen LogP contribution in [0.15, 0.2) is 43.0 Å². The minimum Gasteiger partial charge on any atom is -0.414 e. The highest BCUT2D eigenvalue weighted by molar-refractivity contribution is 6.74. The molecule has 3 nitrogen and oxygen atoms in total. The molecule has 0 N–H and O–H groups in total. The Kier molecular flexibility index (Phi) is 7.03. The maximum absolute atomic E-state index is 6.39. The van der Waals surface area contributed by atoms with Crippen LogP contribution in [0.2, 0.25) is 18.1 Å². The molecular weight excluding hydrogens is 328 g/mol. The van der Waals surface area contributed by atoms with Crippen molar-refractivity contribution in [2.75, 3.05) is 6.61 Å². The Bertz CT molecular complexity index is 536. The molecule has 1 aliphatic heterocycles. The van der Waals surface area contributed by atoms with Gasteiger partial charge in [0.25, 0.3) is 0 Å². The van der Waals surface area contributed by atoms with Crippen molar-refractivity contribution in [3.8, 4) is 0 Å². The normalized spacial score (nSPS) is 24.4. The minimum absolute atomic E-state index is 0.00258. The Labute approximate surface area is 154 Å². The molecule has 0 bridgehead atoms. The van der Waals surface area contributed by atoms with Crippen LogP contribution in [0, 0.1) is 0 Å². The summed E-state index contributed by atoms with van der Waals surface area (Å²) in [6.45, 7) is 16.4. The molecule has 1 heterocycles. The van der Waals surface area contributed by atoms with Crippen LogP contribution in [0.25, 0.3) is 0 Å². The Hall–Kier alpha value is -0.943. The van der Waals surface area contributed by atoms with Crippen LogP contribution in [0.5, 0.6) is 0 Å². The predicted octanol–water partition coefficient (Wildman–Crippen LogP) is 5.33. The van der Waals surface area contributed by atoms with Crippen LogP contribution in [0.1, 0.15) is 39.2 Å². The zero-order valence-electron chi connectivity index (χ0n) is 16.5. The van der Waals surface area contributed by atoms with E-state index in [1.54, 1.807) is 0 Å².